The third kappa shape index (κ3) is 2.65. The fourth-order valence-electron chi connectivity index (χ4n) is 1.53. The average molecular weight is 255 g/mol. The molecule has 0 spiro atoms. The fraction of sp³-hybridized carbons (Fsp3) is 0.273. The van der Waals surface area contributed by atoms with E-state index in [0.29, 0.717) is 5.01 Å². The van der Waals surface area contributed by atoms with Crippen molar-refractivity contribution in [2.45, 2.75) is 12.5 Å². The van der Waals surface area contributed by atoms with Gasteiger partial charge in [0, 0.05) is 0 Å². The Labute approximate surface area is 102 Å². The summed E-state index contributed by atoms with van der Waals surface area (Å²) in [7, 11) is 1.76. The molecule has 1 unspecified atom stereocenters. The number of hydrogen-bond acceptors (Lipinski definition) is 4. The number of hydrogen-bond donors (Lipinski definition) is 1. The Bertz CT molecular complexity index is 473. The summed E-state index contributed by atoms with van der Waals surface area (Å²) in [6, 6.07) is 9.35. The summed E-state index contributed by atoms with van der Waals surface area (Å²) >= 11 is 0.934. The van der Waals surface area contributed by atoms with Gasteiger partial charge in [-0.3, -0.25) is 0 Å². The molecule has 3 nitrogen and oxygen atoms in total. The Kier molecular flexibility index (Phi) is 3.75. The van der Waals surface area contributed by atoms with Gasteiger partial charge in [-0.15, -0.1) is 10.2 Å². The van der Waals surface area contributed by atoms with Crippen molar-refractivity contribution in [3.05, 3.63) is 45.9 Å². The smallest absolute Gasteiger partial charge is 0.291 e. The molecule has 0 saturated heterocycles. The van der Waals surface area contributed by atoms with Crippen molar-refractivity contribution in [1.82, 2.24) is 15.5 Å². The normalized spacial score (nSPS) is 12.9. The van der Waals surface area contributed by atoms with Gasteiger partial charge in [0.25, 0.3) is 6.43 Å². The number of alkyl halides is 2. The Morgan fingerprint density at radius 3 is 2.29 bits per heavy atom. The third-order valence-corrected chi connectivity index (χ3v) is 3.31. The van der Waals surface area contributed by atoms with E-state index < -0.39 is 6.43 Å². The van der Waals surface area contributed by atoms with Crippen molar-refractivity contribution >= 4 is 11.3 Å². The van der Waals surface area contributed by atoms with E-state index in [1.165, 1.54) is 0 Å². The molecule has 0 fully saturated rings. The first-order chi connectivity index (χ1) is 8.22. The van der Waals surface area contributed by atoms with Gasteiger partial charge in [0.2, 0.25) is 0 Å². The summed E-state index contributed by atoms with van der Waals surface area (Å²) in [4.78, 5) is 0. The van der Waals surface area contributed by atoms with E-state index in [4.69, 9.17) is 0 Å². The van der Waals surface area contributed by atoms with Crippen LogP contribution in [-0.4, -0.2) is 17.2 Å². The lowest BCUT2D eigenvalue weighted by atomic mass is 10.1. The Morgan fingerprint density at radius 2 is 1.76 bits per heavy atom. The molecule has 6 heteroatoms. The summed E-state index contributed by atoms with van der Waals surface area (Å²) in [5.74, 6) is 0. The van der Waals surface area contributed by atoms with Gasteiger partial charge in [0.05, 0.1) is 6.04 Å². The van der Waals surface area contributed by atoms with Crippen LogP contribution in [0, 0.1) is 0 Å². The monoisotopic (exact) mass is 255 g/mol. The number of nitrogens with one attached hydrogen (secondary N) is 1. The Hall–Kier alpha value is -1.40. The minimum atomic E-state index is -2.56. The first-order valence-electron chi connectivity index (χ1n) is 5.06. The van der Waals surface area contributed by atoms with Gasteiger partial charge >= 0.3 is 0 Å². The van der Waals surface area contributed by atoms with Crippen LogP contribution in [0.4, 0.5) is 8.78 Å². The molecule has 1 heterocycles. The minimum Gasteiger partial charge on any atom is -0.307 e. The molecule has 2 rings (SSSR count). The molecule has 2 aromatic rings. The van der Waals surface area contributed by atoms with Crippen LogP contribution in [0.15, 0.2) is 30.3 Å². The largest absolute Gasteiger partial charge is 0.307 e. The summed E-state index contributed by atoms with van der Waals surface area (Å²) in [5, 5.41) is 10.7. The molecule has 0 radical (unpaired) electrons. The van der Waals surface area contributed by atoms with Crippen molar-refractivity contribution in [1.29, 1.82) is 0 Å². The Morgan fingerprint density at radius 1 is 1.12 bits per heavy atom. The predicted molar refractivity (Wildman–Crippen MR) is 62.2 cm³/mol. The second-order valence-corrected chi connectivity index (χ2v) is 4.45. The van der Waals surface area contributed by atoms with Crippen molar-refractivity contribution in [2.75, 3.05) is 7.05 Å². The molecule has 0 amide bonds. The van der Waals surface area contributed by atoms with E-state index >= 15 is 0 Å². The molecular weight excluding hydrogens is 244 g/mol. The quantitative estimate of drug-likeness (QED) is 0.912. The molecular formula is C11H11F2N3S. The highest BCUT2D eigenvalue weighted by Gasteiger charge is 2.20. The van der Waals surface area contributed by atoms with Gasteiger partial charge < -0.3 is 5.32 Å². The molecule has 1 N–H and O–H groups in total. The fourth-order valence-corrected chi connectivity index (χ4v) is 2.37. The zero-order valence-corrected chi connectivity index (χ0v) is 9.92. The van der Waals surface area contributed by atoms with E-state index in [1.54, 1.807) is 7.05 Å². The summed E-state index contributed by atoms with van der Waals surface area (Å²) in [5.41, 5.74) is 0.979. The van der Waals surface area contributed by atoms with E-state index in [1.807, 2.05) is 30.3 Å². The van der Waals surface area contributed by atoms with E-state index in [2.05, 4.69) is 15.5 Å². The SMILES string of the molecule is CNC(c1ccccc1)c1nnc(C(F)F)s1. The molecule has 0 aliphatic heterocycles. The maximum Gasteiger partial charge on any atom is 0.291 e. The minimum absolute atomic E-state index is 0.193. The van der Waals surface area contributed by atoms with E-state index in [9.17, 15) is 8.78 Å². The highest BCUT2D eigenvalue weighted by Crippen LogP contribution is 2.28. The number of halogens is 2. The second-order valence-electron chi connectivity index (χ2n) is 3.41. The van der Waals surface area contributed by atoms with Crippen molar-refractivity contribution < 1.29 is 8.78 Å². The number of aromatic nitrogens is 2. The van der Waals surface area contributed by atoms with Crippen molar-refractivity contribution in [2.24, 2.45) is 0 Å². The van der Waals surface area contributed by atoms with Gasteiger partial charge in [-0.25, -0.2) is 8.78 Å². The van der Waals surface area contributed by atoms with Gasteiger partial charge in [-0.2, -0.15) is 0 Å². The van der Waals surface area contributed by atoms with Crippen molar-refractivity contribution in [3.63, 3.8) is 0 Å². The number of nitrogens with zero attached hydrogens (tertiary/aromatic N) is 2. The molecule has 0 bridgehead atoms. The lowest BCUT2D eigenvalue weighted by Gasteiger charge is -2.12. The Balaban J connectivity index is 2.29. The van der Waals surface area contributed by atoms with Crippen LogP contribution in [0.1, 0.15) is 28.0 Å². The molecule has 17 heavy (non-hydrogen) atoms. The van der Waals surface area contributed by atoms with Crippen LogP contribution in [0.2, 0.25) is 0 Å². The molecule has 0 aliphatic carbocycles. The third-order valence-electron chi connectivity index (χ3n) is 2.31. The molecule has 0 saturated carbocycles. The average Bonchev–Trinajstić information content (AvgIpc) is 2.81. The summed E-state index contributed by atoms with van der Waals surface area (Å²) in [6.07, 6.45) is -2.56. The summed E-state index contributed by atoms with van der Waals surface area (Å²) < 4.78 is 24.9. The van der Waals surface area contributed by atoms with E-state index in [-0.39, 0.29) is 11.0 Å². The van der Waals surface area contributed by atoms with Gasteiger partial charge in [-0.1, -0.05) is 41.7 Å². The predicted octanol–water partition coefficient (Wildman–Crippen LogP) is 2.78. The molecule has 1 aromatic heterocycles. The number of benzene rings is 1. The van der Waals surface area contributed by atoms with Crippen LogP contribution in [0.3, 0.4) is 0 Å². The summed E-state index contributed by atoms with van der Waals surface area (Å²) in [6.45, 7) is 0. The second kappa shape index (κ2) is 5.29. The zero-order chi connectivity index (χ0) is 12.3. The highest BCUT2D eigenvalue weighted by molar-refractivity contribution is 7.11. The maximum atomic E-state index is 12.4. The molecule has 90 valence electrons. The molecule has 0 aliphatic rings. The van der Waals surface area contributed by atoms with Gasteiger partial charge in [-0.05, 0) is 12.6 Å². The molecule has 1 atom stereocenters. The first-order valence-corrected chi connectivity index (χ1v) is 5.87. The first kappa shape index (κ1) is 12.1. The van der Waals surface area contributed by atoms with E-state index in [0.717, 1.165) is 16.9 Å². The zero-order valence-electron chi connectivity index (χ0n) is 9.10. The maximum absolute atomic E-state index is 12.4. The van der Waals surface area contributed by atoms with Gasteiger partial charge in [0.1, 0.15) is 5.01 Å². The van der Waals surface area contributed by atoms with Crippen LogP contribution >= 0.6 is 11.3 Å². The highest BCUT2D eigenvalue weighted by atomic mass is 32.1. The number of rotatable bonds is 4. The van der Waals surface area contributed by atoms with Crippen LogP contribution in [-0.2, 0) is 0 Å². The van der Waals surface area contributed by atoms with Crippen LogP contribution in [0.25, 0.3) is 0 Å². The standard InChI is InChI=1S/C11H11F2N3S/c1-14-8(7-5-3-2-4-6-7)10-15-16-11(17-10)9(12)13/h2-6,8-9,14H,1H3. The lowest BCUT2D eigenvalue weighted by molar-refractivity contribution is 0.150. The lowest BCUT2D eigenvalue weighted by Crippen LogP contribution is -2.17. The van der Waals surface area contributed by atoms with Crippen molar-refractivity contribution in [3.8, 4) is 0 Å². The molecule has 1 aromatic carbocycles. The van der Waals surface area contributed by atoms with Crippen LogP contribution in [0.5, 0.6) is 0 Å². The van der Waals surface area contributed by atoms with Gasteiger partial charge in [0.15, 0.2) is 5.01 Å². The van der Waals surface area contributed by atoms with Crippen LogP contribution < -0.4 is 5.32 Å². The topological polar surface area (TPSA) is 37.8 Å².